The summed E-state index contributed by atoms with van der Waals surface area (Å²) in [5.41, 5.74) is 0.397. The molecule has 1 aromatic carbocycles. The first kappa shape index (κ1) is 17.6. The Bertz CT molecular complexity index is 712. The summed E-state index contributed by atoms with van der Waals surface area (Å²) in [6.07, 6.45) is 0. The van der Waals surface area contributed by atoms with Crippen molar-refractivity contribution in [2.45, 2.75) is 18.4 Å². The predicted octanol–water partition coefficient (Wildman–Crippen LogP) is -0.683. The molecular weight excluding hydrogens is 320 g/mol. The molecule has 0 aromatic heterocycles. The third-order valence-corrected chi connectivity index (χ3v) is 4.45. The van der Waals surface area contributed by atoms with Gasteiger partial charge < -0.3 is 4.74 Å². The van der Waals surface area contributed by atoms with E-state index in [0.29, 0.717) is 5.56 Å². The summed E-state index contributed by atoms with van der Waals surface area (Å²) >= 11 is 0. The van der Waals surface area contributed by atoms with Crippen LogP contribution in [0, 0.1) is 0 Å². The highest BCUT2D eigenvalue weighted by molar-refractivity contribution is 7.90. The average molecular weight is 336 g/mol. The SMILES string of the molecule is CCOC(=O)CS(=O)(=O)NCc1cccc(S(N)(=O)=O)c1. The number of rotatable bonds is 7. The molecule has 0 heterocycles. The summed E-state index contributed by atoms with van der Waals surface area (Å²) in [7, 11) is -7.71. The van der Waals surface area contributed by atoms with E-state index in [0.717, 1.165) is 0 Å². The number of primary sulfonamides is 1. The van der Waals surface area contributed by atoms with Gasteiger partial charge in [0.2, 0.25) is 20.0 Å². The van der Waals surface area contributed by atoms with Crippen LogP contribution in [0.5, 0.6) is 0 Å². The van der Waals surface area contributed by atoms with Crippen LogP contribution in [0.2, 0.25) is 0 Å². The smallest absolute Gasteiger partial charge is 0.322 e. The maximum Gasteiger partial charge on any atom is 0.322 e. The zero-order valence-corrected chi connectivity index (χ0v) is 12.9. The minimum atomic E-state index is -3.86. The van der Waals surface area contributed by atoms with Crippen molar-refractivity contribution in [3.05, 3.63) is 29.8 Å². The number of carbonyl (C=O) groups excluding carboxylic acids is 1. The van der Waals surface area contributed by atoms with Gasteiger partial charge in [-0.1, -0.05) is 12.1 Å². The van der Waals surface area contributed by atoms with E-state index in [1.165, 1.54) is 24.3 Å². The van der Waals surface area contributed by atoms with Gasteiger partial charge >= 0.3 is 5.97 Å². The van der Waals surface area contributed by atoms with Gasteiger partial charge in [0, 0.05) is 6.54 Å². The molecule has 21 heavy (non-hydrogen) atoms. The molecule has 1 rings (SSSR count). The zero-order valence-electron chi connectivity index (χ0n) is 11.3. The topological polar surface area (TPSA) is 133 Å². The van der Waals surface area contributed by atoms with Crippen molar-refractivity contribution in [1.29, 1.82) is 0 Å². The molecule has 8 nitrogen and oxygen atoms in total. The van der Waals surface area contributed by atoms with Gasteiger partial charge in [-0.3, -0.25) is 4.79 Å². The Hall–Kier alpha value is -1.49. The van der Waals surface area contributed by atoms with E-state index in [4.69, 9.17) is 5.14 Å². The Balaban J connectivity index is 2.73. The average Bonchev–Trinajstić information content (AvgIpc) is 2.35. The van der Waals surface area contributed by atoms with Crippen LogP contribution in [0.15, 0.2) is 29.2 Å². The van der Waals surface area contributed by atoms with E-state index in [-0.39, 0.29) is 18.0 Å². The molecule has 0 unspecified atom stereocenters. The molecule has 0 aliphatic carbocycles. The van der Waals surface area contributed by atoms with Crippen molar-refractivity contribution in [3.8, 4) is 0 Å². The third-order valence-electron chi connectivity index (χ3n) is 2.34. The van der Waals surface area contributed by atoms with Gasteiger partial charge in [-0.25, -0.2) is 26.7 Å². The van der Waals surface area contributed by atoms with Crippen LogP contribution in [0.1, 0.15) is 12.5 Å². The standard InChI is InChI=1S/C11H16N2O6S2/c1-2-19-11(14)8-20(15,16)13-7-9-4-3-5-10(6-9)21(12,17)18/h3-6,13H,2,7-8H2,1H3,(H2,12,17,18). The van der Waals surface area contributed by atoms with Crippen LogP contribution in [0.4, 0.5) is 0 Å². The minimum absolute atomic E-state index is 0.0881. The number of nitrogens with two attached hydrogens (primary N) is 1. The first-order valence-electron chi connectivity index (χ1n) is 5.89. The van der Waals surface area contributed by atoms with Crippen molar-refractivity contribution in [2.24, 2.45) is 5.14 Å². The molecule has 0 amide bonds. The fourth-order valence-electron chi connectivity index (χ4n) is 1.43. The molecule has 0 spiro atoms. The van der Waals surface area contributed by atoms with Crippen molar-refractivity contribution in [2.75, 3.05) is 12.4 Å². The molecule has 0 saturated heterocycles. The summed E-state index contributed by atoms with van der Waals surface area (Å²) in [6, 6.07) is 5.52. The van der Waals surface area contributed by atoms with E-state index >= 15 is 0 Å². The van der Waals surface area contributed by atoms with Crippen LogP contribution in [-0.2, 0) is 36.1 Å². The van der Waals surface area contributed by atoms with Crippen molar-refractivity contribution >= 4 is 26.0 Å². The van der Waals surface area contributed by atoms with E-state index in [1.807, 2.05) is 0 Å². The summed E-state index contributed by atoms with van der Waals surface area (Å²) in [4.78, 5) is 11.0. The van der Waals surface area contributed by atoms with Crippen LogP contribution in [-0.4, -0.2) is 35.2 Å². The fourth-order valence-corrected chi connectivity index (χ4v) is 2.90. The summed E-state index contributed by atoms with van der Waals surface area (Å²) in [6.45, 7) is 1.49. The normalized spacial score (nSPS) is 12.1. The highest BCUT2D eigenvalue weighted by atomic mass is 32.2. The highest BCUT2D eigenvalue weighted by Gasteiger charge is 2.17. The zero-order chi connectivity index (χ0) is 16.1. The Kier molecular flexibility index (Phi) is 5.84. The predicted molar refractivity (Wildman–Crippen MR) is 75.1 cm³/mol. The second-order valence-corrected chi connectivity index (χ2v) is 7.45. The fraction of sp³-hybridized carbons (Fsp3) is 0.364. The van der Waals surface area contributed by atoms with Crippen LogP contribution >= 0.6 is 0 Å². The molecule has 10 heteroatoms. The molecule has 0 aliphatic heterocycles. The molecule has 1 aromatic rings. The van der Waals surface area contributed by atoms with Crippen LogP contribution < -0.4 is 9.86 Å². The van der Waals surface area contributed by atoms with Gasteiger partial charge in [0.25, 0.3) is 0 Å². The van der Waals surface area contributed by atoms with Gasteiger partial charge in [0.05, 0.1) is 11.5 Å². The largest absolute Gasteiger partial charge is 0.465 e. The van der Waals surface area contributed by atoms with Gasteiger partial charge in [-0.15, -0.1) is 0 Å². The van der Waals surface area contributed by atoms with Gasteiger partial charge in [-0.2, -0.15) is 0 Å². The number of sulfonamides is 2. The first-order valence-corrected chi connectivity index (χ1v) is 9.08. The monoisotopic (exact) mass is 336 g/mol. The third kappa shape index (κ3) is 6.21. The molecule has 0 atom stereocenters. The number of benzene rings is 1. The molecule has 118 valence electrons. The molecule has 0 fully saturated rings. The van der Waals surface area contributed by atoms with Crippen molar-refractivity contribution in [1.82, 2.24) is 4.72 Å². The van der Waals surface area contributed by atoms with Crippen molar-refractivity contribution < 1.29 is 26.4 Å². The lowest BCUT2D eigenvalue weighted by Gasteiger charge is -2.07. The van der Waals surface area contributed by atoms with E-state index in [1.54, 1.807) is 6.92 Å². The first-order chi connectivity index (χ1) is 9.64. The number of esters is 1. The van der Waals surface area contributed by atoms with Crippen molar-refractivity contribution in [3.63, 3.8) is 0 Å². The quantitative estimate of drug-likeness (QED) is 0.634. The molecule has 0 aliphatic rings. The van der Waals surface area contributed by atoms with E-state index in [9.17, 15) is 21.6 Å². The lowest BCUT2D eigenvalue weighted by molar-refractivity contribution is -0.139. The summed E-state index contributed by atoms with van der Waals surface area (Å²) in [5, 5.41) is 4.98. The number of ether oxygens (including phenoxy) is 1. The van der Waals surface area contributed by atoms with Crippen LogP contribution in [0.25, 0.3) is 0 Å². The Morgan fingerprint density at radius 2 is 1.95 bits per heavy atom. The maximum atomic E-state index is 11.6. The molecule has 3 N–H and O–H groups in total. The molecule has 0 bridgehead atoms. The molecule has 0 saturated carbocycles. The summed E-state index contributed by atoms with van der Waals surface area (Å²) in [5.74, 6) is -1.65. The Morgan fingerprint density at radius 3 is 2.52 bits per heavy atom. The lowest BCUT2D eigenvalue weighted by Crippen LogP contribution is -2.30. The number of carbonyl (C=O) groups is 1. The lowest BCUT2D eigenvalue weighted by atomic mass is 10.2. The highest BCUT2D eigenvalue weighted by Crippen LogP contribution is 2.09. The second-order valence-electron chi connectivity index (χ2n) is 4.08. The van der Waals surface area contributed by atoms with E-state index < -0.39 is 31.8 Å². The second kappa shape index (κ2) is 6.98. The summed E-state index contributed by atoms with van der Waals surface area (Å²) < 4.78 is 52.3. The Labute approximate surface area is 123 Å². The number of nitrogens with one attached hydrogen (secondary N) is 1. The maximum absolute atomic E-state index is 11.6. The molecular formula is C11H16N2O6S2. The number of hydrogen-bond acceptors (Lipinski definition) is 6. The molecule has 0 radical (unpaired) electrons. The number of hydrogen-bond donors (Lipinski definition) is 2. The van der Waals surface area contributed by atoms with Gasteiger partial charge in [-0.05, 0) is 24.6 Å². The Morgan fingerprint density at radius 1 is 1.29 bits per heavy atom. The van der Waals surface area contributed by atoms with Gasteiger partial charge in [0.1, 0.15) is 0 Å². The minimum Gasteiger partial charge on any atom is -0.465 e. The van der Waals surface area contributed by atoms with Crippen LogP contribution in [0.3, 0.4) is 0 Å². The van der Waals surface area contributed by atoms with E-state index in [2.05, 4.69) is 9.46 Å². The van der Waals surface area contributed by atoms with Gasteiger partial charge in [0.15, 0.2) is 5.75 Å².